The molecular weight excluding hydrogens is 202 g/mol. The van der Waals surface area contributed by atoms with Gasteiger partial charge in [-0.15, -0.1) is 0 Å². The molecule has 0 amide bonds. The van der Waals surface area contributed by atoms with Gasteiger partial charge < -0.3 is 10.1 Å². The number of hydrogen-bond donors (Lipinski definition) is 1. The molecule has 0 spiro atoms. The van der Waals surface area contributed by atoms with E-state index in [4.69, 9.17) is 4.74 Å². The minimum atomic E-state index is 0.650. The minimum Gasteiger partial charge on any atom is -0.481 e. The van der Waals surface area contributed by atoms with Crippen LogP contribution in [0.4, 0.5) is 5.82 Å². The second-order valence-corrected chi connectivity index (χ2v) is 4.55. The lowest BCUT2D eigenvalue weighted by atomic mass is 10.1. The van der Waals surface area contributed by atoms with Crippen LogP contribution in [-0.2, 0) is 0 Å². The Morgan fingerprint density at radius 3 is 2.88 bits per heavy atom. The molecule has 4 heteroatoms. The maximum absolute atomic E-state index is 5.16. The highest BCUT2D eigenvalue weighted by atomic mass is 16.5. The van der Waals surface area contributed by atoms with Crippen LogP contribution < -0.4 is 10.1 Å². The first kappa shape index (κ1) is 11.2. The molecule has 0 radical (unpaired) electrons. The number of nitrogens with one attached hydrogen (secondary N) is 1. The number of aromatic nitrogens is 2. The van der Waals surface area contributed by atoms with Gasteiger partial charge in [0.25, 0.3) is 0 Å². The zero-order valence-corrected chi connectivity index (χ0v) is 10.2. The molecule has 1 heterocycles. The third-order valence-corrected chi connectivity index (χ3v) is 3.25. The van der Waals surface area contributed by atoms with Crippen LogP contribution in [0.2, 0.25) is 0 Å². The SMILES string of the molecule is COc1ncnc(NCC(C)C2CC2)c1C. The monoisotopic (exact) mass is 221 g/mol. The Morgan fingerprint density at radius 1 is 1.50 bits per heavy atom. The summed E-state index contributed by atoms with van der Waals surface area (Å²) in [6.07, 6.45) is 4.31. The maximum atomic E-state index is 5.16. The van der Waals surface area contributed by atoms with E-state index in [1.54, 1.807) is 7.11 Å². The van der Waals surface area contributed by atoms with Crippen LogP contribution in [0.15, 0.2) is 6.33 Å². The Bertz CT molecular complexity index is 363. The summed E-state index contributed by atoms with van der Waals surface area (Å²) in [5.74, 6) is 3.17. The molecule has 0 saturated heterocycles. The van der Waals surface area contributed by atoms with Crippen molar-refractivity contribution in [3.05, 3.63) is 11.9 Å². The smallest absolute Gasteiger partial charge is 0.221 e. The summed E-state index contributed by atoms with van der Waals surface area (Å²) in [4.78, 5) is 8.30. The van der Waals surface area contributed by atoms with E-state index >= 15 is 0 Å². The first-order valence-electron chi connectivity index (χ1n) is 5.81. The van der Waals surface area contributed by atoms with Gasteiger partial charge in [0, 0.05) is 6.54 Å². The molecule has 0 aliphatic heterocycles. The normalized spacial score (nSPS) is 16.9. The Balaban J connectivity index is 1.97. The first-order valence-corrected chi connectivity index (χ1v) is 5.81. The number of nitrogens with zero attached hydrogens (tertiary/aromatic N) is 2. The van der Waals surface area contributed by atoms with Crippen LogP contribution >= 0.6 is 0 Å². The molecule has 1 atom stereocenters. The van der Waals surface area contributed by atoms with Crippen LogP contribution in [-0.4, -0.2) is 23.6 Å². The van der Waals surface area contributed by atoms with Crippen molar-refractivity contribution in [3.8, 4) is 5.88 Å². The second-order valence-electron chi connectivity index (χ2n) is 4.55. The molecule has 1 aromatic heterocycles. The van der Waals surface area contributed by atoms with Crippen LogP contribution in [0.3, 0.4) is 0 Å². The first-order chi connectivity index (χ1) is 7.72. The Morgan fingerprint density at radius 2 is 2.25 bits per heavy atom. The molecular formula is C12H19N3O. The fourth-order valence-electron chi connectivity index (χ4n) is 1.91. The van der Waals surface area contributed by atoms with Crippen molar-refractivity contribution in [1.82, 2.24) is 9.97 Å². The molecule has 4 nitrogen and oxygen atoms in total. The van der Waals surface area contributed by atoms with Crippen molar-refractivity contribution in [2.75, 3.05) is 19.0 Å². The summed E-state index contributed by atoms with van der Waals surface area (Å²) < 4.78 is 5.16. The van der Waals surface area contributed by atoms with Crippen molar-refractivity contribution in [2.45, 2.75) is 26.7 Å². The predicted octanol–water partition coefficient (Wildman–Crippen LogP) is 2.25. The predicted molar refractivity (Wildman–Crippen MR) is 63.7 cm³/mol. The van der Waals surface area contributed by atoms with Gasteiger partial charge in [-0.2, -0.15) is 0 Å². The van der Waals surface area contributed by atoms with E-state index in [1.165, 1.54) is 19.2 Å². The molecule has 16 heavy (non-hydrogen) atoms. The summed E-state index contributed by atoms with van der Waals surface area (Å²) in [6.45, 7) is 5.24. The van der Waals surface area contributed by atoms with Crippen LogP contribution in [0.5, 0.6) is 5.88 Å². The lowest BCUT2D eigenvalue weighted by molar-refractivity contribution is 0.393. The van der Waals surface area contributed by atoms with Gasteiger partial charge in [-0.1, -0.05) is 6.92 Å². The number of rotatable bonds is 5. The van der Waals surface area contributed by atoms with E-state index < -0.39 is 0 Å². The van der Waals surface area contributed by atoms with Crippen molar-refractivity contribution in [2.24, 2.45) is 11.8 Å². The fourth-order valence-corrected chi connectivity index (χ4v) is 1.91. The third kappa shape index (κ3) is 2.43. The van der Waals surface area contributed by atoms with E-state index in [0.29, 0.717) is 5.88 Å². The number of hydrogen-bond acceptors (Lipinski definition) is 4. The Labute approximate surface area is 96.4 Å². The van der Waals surface area contributed by atoms with Crippen molar-refractivity contribution in [1.29, 1.82) is 0 Å². The minimum absolute atomic E-state index is 0.650. The summed E-state index contributed by atoms with van der Waals surface area (Å²) >= 11 is 0. The van der Waals surface area contributed by atoms with E-state index in [2.05, 4.69) is 22.2 Å². The molecule has 1 aromatic rings. The van der Waals surface area contributed by atoms with Gasteiger partial charge in [-0.05, 0) is 31.6 Å². The van der Waals surface area contributed by atoms with Gasteiger partial charge in [0.2, 0.25) is 5.88 Å². The quantitative estimate of drug-likeness (QED) is 0.828. The lowest BCUT2D eigenvalue weighted by Crippen LogP contribution is -2.14. The van der Waals surface area contributed by atoms with E-state index in [-0.39, 0.29) is 0 Å². The van der Waals surface area contributed by atoms with E-state index in [0.717, 1.165) is 29.8 Å². The molecule has 2 rings (SSSR count). The Kier molecular flexibility index (Phi) is 3.27. The lowest BCUT2D eigenvalue weighted by Gasteiger charge is -2.14. The highest BCUT2D eigenvalue weighted by molar-refractivity contribution is 5.47. The van der Waals surface area contributed by atoms with Gasteiger partial charge in [-0.25, -0.2) is 9.97 Å². The molecule has 0 bridgehead atoms. The highest BCUT2D eigenvalue weighted by Crippen LogP contribution is 2.36. The average Bonchev–Trinajstić information content (AvgIpc) is 3.11. The van der Waals surface area contributed by atoms with Crippen molar-refractivity contribution in [3.63, 3.8) is 0 Å². The summed E-state index contributed by atoms with van der Waals surface area (Å²) in [6, 6.07) is 0. The van der Waals surface area contributed by atoms with Crippen LogP contribution in [0.1, 0.15) is 25.3 Å². The summed E-state index contributed by atoms with van der Waals surface area (Å²) in [5.41, 5.74) is 0.980. The zero-order chi connectivity index (χ0) is 11.5. The summed E-state index contributed by atoms with van der Waals surface area (Å²) in [7, 11) is 1.63. The van der Waals surface area contributed by atoms with Crippen molar-refractivity contribution >= 4 is 5.82 Å². The number of methoxy groups -OCH3 is 1. The van der Waals surface area contributed by atoms with Crippen molar-refractivity contribution < 1.29 is 4.74 Å². The largest absolute Gasteiger partial charge is 0.481 e. The average molecular weight is 221 g/mol. The van der Waals surface area contributed by atoms with Gasteiger partial charge in [0.15, 0.2) is 0 Å². The highest BCUT2D eigenvalue weighted by Gasteiger charge is 2.27. The van der Waals surface area contributed by atoms with Gasteiger partial charge >= 0.3 is 0 Å². The van der Waals surface area contributed by atoms with Gasteiger partial charge in [-0.3, -0.25) is 0 Å². The van der Waals surface area contributed by atoms with E-state index in [1.807, 2.05) is 6.92 Å². The number of ether oxygens (including phenoxy) is 1. The molecule has 1 aliphatic carbocycles. The third-order valence-electron chi connectivity index (χ3n) is 3.25. The van der Waals surface area contributed by atoms with Crippen LogP contribution in [0, 0.1) is 18.8 Å². The standard InChI is InChI=1S/C12H19N3O/c1-8(10-4-5-10)6-13-11-9(2)12(16-3)15-7-14-11/h7-8,10H,4-6H2,1-3H3,(H,13,14,15). The molecule has 0 aromatic carbocycles. The molecule has 88 valence electrons. The summed E-state index contributed by atoms with van der Waals surface area (Å²) in [5, 5.41) is 3.38. The zero-order valence-electron chi connectivity index (χ0n) is 10.2. The molecule has 1 aliphatic rings. The second kappa shape index (κ2) is 4.68. The topological polar surface area (TPSA) is 47.0 Å². The fraction of sp³-hybridized carbons (Fsp3) is 0.667. The van der Waals surface area contributed by atoms with Gasteiger partial charge in [0.1, 0.15) is 12.1 Å². The van der Waals surface area contributed by atoms with Crippen LogP contribution in [0.25, 0.3) is 0 Å². The molecule has 1 saturated carbocycles. The number of anilines is 1. The van der Waals surface area contributed by atoms with E-state index in [9.17, 15) is 0 Å². The molecule has 1 unspecified atom stereocenters. The maximum Gasteiger partial charge on any atom is 0.221 e. The Hall–Kier alpha value is -1.32. The molecule has 1 N–H and O–H groups in total. The molecule has 1 fully saturated rings. The van der Waals surface area contributed by atoms with Gasteiger partial charge in [0.05, 0.1) is 12.7 Å².